The van der Waals surface area contributed by atoms with Crippen LogP contribution in [0.1, 0.15) is 31.1 Å². The van der Waals surface area contributed by atoms with Crippen molar-refractivity contribution in [2.24, 2.45) is 11.7 Å². The summed E-state index contributed by atoms with van der Waals surface area (Å²) in [7, 11) is 1.50. The van der Waals surface area contributed by atoms with Crippen LogP contribution in [0.3, 0.4) is 0 Å². The molecule has 0 aliphatic carbocycles. The minimum atomic E-state index is -0.633. The number of amides is 2. The van der Waals surface area contributed by atoms with Gasteiger partial charge in [0.2, 0.25) is 5.91 Å². The van der Waals surface area contributed by atoms with Crippen LogP contribution < -0.4 is 21.1 Å². The van der Waals surface area contributed by atoms with Crippen molar-refractivity contribution in [1.29, 1.82) is 0 Å². The van der Waals surface area contributed by atoms with Crippen LogP contribution in [0.15, 0.2) is 24.3 Å². The molecule has 2 amide bonds. The summed E-state index contributed by atoms with van der Waals surface area (Å²) in [6.45, 7) is 5.91. The van der Waals surface area contributed by atoms with Crippen molar-refractivity contribution in [2.45, 2.75) is 32.9 Å². The second kappa shape index (κ2) is 8.38. The molecule has 6 heteroatoms. The molecule has 0 saturated heterocycles. The monoisotopic (exact) mass is 307 g/mol. The third-order valence-electron chi connectivity index (χ3n) is 3.33. The fourth-order valence-electron chi connectivity index (χ4n) is 1.98. The molecule has 0 radical (unpaired) electrons. The molecule has 0 saturated carbocycles. The third kappa shape index (κ3) is 4.73. The van der Waals surface area contributed by atoms with E-state index in [1.165, 1.54) is 7.11 Å². The Hall–Kier alpha value is -2.08. The summed E-state index contributed by atoms with van der Waals surface area (Å²) in [6.07, 6.45) is 0. The fourth-order valence-corrected chi connectivity index (χ4v) is 1.98. The molecular formula is C16H25N3O3. The van der Waals surface area contributed by atoms with Crippen LogP contribution >= 0.6 is 0 Å². The minimum absolute atomic E-state index is 0.0522. The highest BCUT2D eigenvalue weighted by Crippen LogP contribution is 2.17. The van der Waals surface area contributed by atoms with Crippen LogP contribution in [0.25, 0.3) is 0 Å². The third-order valence-corrected chi connectivity index (χ3v) is 3.33. The highest BCUT2D eigenvalue weighted by atomic mass is 16.5. The molecule has 1 aromatic rings. The standard InChI is InChI=1S/C16H25N3O3/c1-10(2)14(16(21)18-11(3)9-17)19-15(20)12-7-5-6-8-13(12)22-4/h5-8,10-11,14H,9,17H2,1-4H3,(H,18,21)(H,19,20)/t11-,14?/m0/s1. The first kappa shape index (κ1) is 18.0. The van der Waals surface area contributed by atoms with E-state index in [0.717, 1.165) is 0 Å². The first-order chi connectivity index (χ1) is 10.4. The first-order valence-electron chi connectivity index (χ1n) is 7.35. The van der Waals surface area contributed by atoms with Crippen molar-refractivity contribution >= 4 is 11.8 Å². The number of methoxy groups -OCH3 is 1. The second-order valence-electron chi connectivity index (χ2n) is 5.54. The van der Waals surface area contributed by atoms with E-state index in [4.69, 9.17) is 10.5 Å². The summed E-state index contributed by atoms with van der Waals surface area (Å²) >= 11 is 0. The summed E-state index contributed by atoms with van der Waals surface area (Å²) in [5.41, 5.74) is 5.91. The maximum absolute atomic E-state index is 12.4. The summed E-state index contributed by atoms with van der Waals surface area (Å²) in [6, 6.07) is 6.12. The number of nitrogens with two attached hydrogens (primary N) is 1. The number of ether oxygens (including phenoxy) is 1. The van der Waals surface area contributed by atoms with Crippen molar-refractivity contribution < 1.29 is 14.3 Å². The van der Waals surface area contributed by atoms with Gasteiger partial charge in [-0.3, -0.25) is 9.59 Å². The van der Waals surface area contributed by atoms with Gasteiger partial charge < -0.3 is 21.1 Å². The minimum Gasteiger partial charge on any atom is -0.496 e. The molecule has 1 unspecified atom stereocenters. The van der Waals surface area contributed by atoms with Gasteiger partial charge in [0.1, 0.15) is 11.8 Å². The number of carbonyl (C=O) groups excluding carboxylic acids is 2. The van der Waals surface area contributed by atoms with Crippen molar-refractivity contribution in [3.63, 3.8) is 0 Å². The van der Waals surface area contributed by atoms with Gasteiger partial charge in [-0.2, -0.15) is 0 Å². The SMILES string of the molecule is COc1ccccc1C(=O)NC(C(=O)N[C@@H](C)CN)C(C)C. The van der Waals surface area contributed by atoms with Gasteiger partial charge in [0.25, 0.3) is 5.91 Å². The van der Waals surface area contributed by atoms with E-state index in [2.05, 4.69) is 10.6 Å². The molecule has 22 heavy (non-hydrogen) atoms. The Morgan fingerprint density at radius 2 is 1.82 bits per heavy atom. The highest BCUT2D eigenvalue weighted by molar-refractivity contribution is 5.99. The van der Waals surface area contributed by atoms with E-state index in [1.54, 1.807) is 24.3 Å². The quantitative estimate of drug-likeness (QED) is 0.698. The lowest BCUT2D eigenvalue weighted by Crippen LogP contribution is -2.52. The summed E-state index contributed by atoms with van der Waals surface area (Å²) in [4.78, 5) is 24.7. The van der Waals surface area contributed by atoms with Crippen molar-refractivity contribution in [1.82, 2.24) is 10.6 Å². The molecule has 1 rings (SSSR count). The Morgan fingerprint density at radius 1 is 1.18 bits per heavy atom. The molecule has 0 heterocycles. The Labute approximate surface area is 131 Å². The zero-order valence-electron chi connectivity index (χ0n) is 13.6. The largest absolute Gasteiger partial charge is 0.496 e. The van der Waals surface area contributed by atoms with E-state index in [1.807, 2.05) is 20.8 Å². The van der Waals surface area contributed by atoms with Crippen molar-refractivity contribution in [2.75, 3.05) is 13.7 Å². The molecule has 0 spiro atoms. The van der Waals surface area contributed by atoms with Gasteiger partial charge in [-0.05, 0) is 25.0 Å². The topological polar surface area (TPSA) is 93.4 Å². The van der Waals surface area contributed by atoms with Gasteiger partial charge in [0.15, 0.2) is 0 Å². The van der Waals surface area contributed by atoms with Gasteiger partial charge in [-0.25, -0.2) is 0 Å². The average Bonchev–Trinajstić information content (AvgIpc) is 2.51. The molecule has 6 nitrogen and oxygen atoms in total. The summed E-state index contributed by atoms with van der Waals surface area (Å²) in [5.74, 6) is -0.162. The molecule has 0 fully saturated rings. The Balaban J connectivity index is 2.87. The number of hydrogen-bond acceptors (Lipinski definition) is 4. The second-order valence-corrected chi connectivity index (χ2v) is 5.54. The molecule has 4 N–H and O–H groups in total. The maximum Gasteiger partial charge on any atom is 0.255 e. The van der Waals surface area contributed by atoms with Gasteiger partial charge >= 0.3 is 0 Å². The lowest BCUT2D eigenvalue weighted by Gasteiger charge is -2.24. The lowest BCUT2D eigenvalue weighted by atomic mass is 10.0. The van der Waals surface area contributed by atoms with Gasteiger partial charge in [0.05, 0.1) is 12.7 Å². The highest BCUT2D eigenvalue weighted by Gasteiger charge is 2.26. The van der Waals surface area contributed by atoms with Crippen molar-refractivity contribution in [3.8, 4) is 5.75 Å². The van der Waals surface area contributed by atoms with E-state index in [9.17, 15) is 9.59 Å². The van der Waals surface area contributed by atoms with Gasteiger partial charge in [-0.1, -0.05) is 26.0 Å². The molecule has 1 aromatic carbocycles. The Morgan fingerprint density at radius 3 is 2.36 bits per heavy atom. The number of nitrogens with one attached hydrogen (secondary N) is 2. The van der Waals surface area contributed by atoms with Crippen LogP contribution in [0.4, 0.5) is 0 Å². The maximum atomic E-state index is 12.4. The van der Waals surface area contributed by atoms with Gasteiger partial charge in [0, 0.05) is 12.6 Å². The predicted molar refractivity (Wildman–Crippen MR) is 85.7 cm³/mol. The number of benzene rings is 1. The van der Waals surface area contributed by atoms with Gasteiger partial charge in [-0.15, -0.1) is 0 Å². The molecular weight excluding hydrogens is 282 g/mol. The number of carbonyl (C=O) groups is 2. The molecule has 2 atom stereocenters. The molecule has 0 aliphatic heterocycles. The number of para-hydroxylation sites is 1. The van der Waals surface area contributed by atoms with Crippen LogP contribution in [-0.2, 0) is 4.79 Å². The lowest BCUT2D eigenvalue weighted by molar-refractivity contribution is -0.124. The van der Waals surface area contributed by atoms with Crippen LogP contribution in [0.2, 0.25) is 0 Å². The van der Waals surface area contributed by atoms with Crippen molar-refractivity contribution in [3.05, 3.63) is 29.8 Å². The molecule has 0 bridgehead atoms. The number of rotatable bonds is 7. The number of hydrogen-bond donors (Lipinski definition) is 3. The van der Waals surface area contributed by atoms with E-state index in [-0.39, 0.29) is 23.8 Å². The summed E-state index contributed by atoms with van der Waals surface area (Å²) < 4.78 is 5.17. The van der Waals surface area contributed by atoms with Crippen LogP contribution in [0, 0.1) is 5.92 Å². The zero-order chi connectivity index (χ0) is 16.7. The molecule has 122 valence electrons. The van der Waals surface area contributed by atoms with Crippen LogP contribution in [-0.4, -0.2) is 37.6 Å². The van der Waals surface area contributed by atoms with E-state index in [0.29, 0.717) is 17.9 Å². The molecule has 0 aliphatic rings. The Bertz CT molecular complexity index is 517. The van der Waals surface area contributed by atoms with E-state index >= 15 is 0 Å². The summed E-state index contributed by atoms with van der Waals surface area (Å²) in [5, 5.41) is 5.55. The zero-order valence-corrected chi connectivity index (χ0v) is 13.6. The smallest absolute Gasteiger partial charge is 0.255 e. The normalized spacial score (nSPS) is 13.4. The average molecular weight is 307 g/mol. The van der Waals surface area contributed by atoms with Crippen LogP contribution in [0.5, 0.6) is 5.75 Å². The Kier molecular flexibility index (Phi) is 6.85. The molecule has 0 aromatic heterocycles. The predicted octanol–water partition coefficient (Wildman–Crippen LogP) is 0.913. The first-order valence-corrected chi connectivity index (χ1v) is 7.35. The fraction of sp³-hybridized carbons (Fsp3) is 0.500. The van der Waals surface area contributed by atoms with E-state index < -0.39 is 6.04 Å².